The Hall–Kier alpha value is -1.53. The van der Waals surface area contributed by atoms with Crippen LogP contribution in [0.3, 0.4) is 0 Å². The van der Waals surface area contributed by atoms with Gasteiger partial charge >= 0.3 is 0 Å². The Kier molecular flexibility index (Phi) is 3.20. The molecule has 2 heterocycles. The molecule has 1 aromatic carbocycles. The van der Waals surface area contributed by atoms with E-state index in [0.29, 0.717) is 5.54 Å². The Labute approximate surface area is 115 Å². The molecule has 0 unspecified atom stereocenters. The molecule has 0 N–H and O–H groups in total. The van der Waals surface area contributed by atoms with E-state index in [4.69, 9.17) is 0 Å². The fourth-order valence-electron chi connectivity index (χ4n) is 3.91. The van der Waals surface area contributed by atoms with E-state index in [9.17, 15) is 5.26 Å². The van der Waals surface area contributed by atoms with Crippen LogP contribution in [-0.4, -0.2) is 37.1 Å². The number of hydrogen-bond donors (Lipinski definition) is 0. The largest absolute Gasteiger partial charge is 0.372 e. The van der Waals surface area contributed by atoms with E-state index in [2.05, 4.69) is 29.0 Å². The summed E-state index contributed by atoms with van der Waals surface area (Å²) in [6.45, 7) is 3.56. The second-order valence-electron chi connectivity index (χ2n) is 5.90. The first-order chi connectivity index (χ1) is 9.25. The van der Waals surface area contributed by atoms with Gasteiger partial charge in [0.25, 0.3) is 0 Å². The summed E-state index contributed by atoms with van der Waals surface area (Å²) < 4.78 is 0. The molecule has 0 aliphatic carbocycles. The van der Waals surface area contributed by atoms with Crippen molar-refractivity contribution in [2.45, 2.75) is 31.2 Å². The van der Waals surface area contributed by atoms with Crippen LogP contribution in [0.25, 0.3) is 0 Å². The molecular weight excluding hydrogens is 234 g/mol. The van der Waals surface area contributed by atoms with Gasteiger partial charge in [0.2, 0.25) is 0 Å². The number of rotatable bonds is 3. The highest BCUT2D eigenvalue weighted by atomic mass is 15.3. The first-order valence-corrected chi connectivity index (χ1v) is 7.20. The lowest BCUT2D eigenvalue weighted by molar-refractivity contribution is 0.202. The molecule has 0 spiro atoms. The van der Waals surface area contributed by atoms with Gasteiger partial charge in [0.15, 0.2) is 0 Å². The molecule has 2 saturated heterocycles. The smallest absolute Gasteiger partial charge is 0.101 e. The van der Waals surface area contributed by atoms with Gasteiger partial charge < -0.3 is 4.90 Å². The average Bonchev–Trinajstić information content (AvgIpc) is 2.97. The fourth-order valence-corrected chi connectivity index (χ4v) is 3.91. The number of anilines is 1. The molecule has 0 radical (unpaired) electrons. The van der Waals surface area contributed by atoms with E-state index in [0.717, 1.165) is 17.8 Å². The lowest BCUT2D eigenvalue weighted by Gasteiger charge is -2.37. The minimum atomic E-state index is 0.372. The summed E-state index contributed by atoms with van der Waals surface area (Å²) in [7, 11) is 2.12. The van der Waals surface area contributed by atoms with Gasteiger partial charge in [-0.25, -0.2) is 0 Å². The second kappa shape index (κ2) is 4.86. The standard InChI is InChI=1S/C16H21N3/c1-18(15-7-3-2-6-14(15)12-17)13-16-8-4-10-19(16)11-5-9-16/h2-3,6-7H,4-5,8-11,13H2,1H3. The van der Waals surface area contributed by atoms with Crippen LogP contribution in [0, 0.1) is 11.3 Å². The molecule has 19 heavy (non-hydrogen) atoms. The second-order valence-corrected chi connectivity index (χ2v) is 5.90. The highest BCUT2D eigenvalue weighted by molar-refractivity contribution is 5.59. The number of para-hydroxylation sites is 1. The van der Waals surface area contributed by atoms with Gasteiger partial charge in [-0.05, 0) is 50.9 Å². The quantitative estimate of drug-likeness (QED) is 0.831. The minimum Gasteiger partial charge on any atom is -0.372 e. The Balaban J connectivity index is 1.82. The van der Waals surface area contributed by atoms with Crippen molar-refractivity contribution < 1.29 is 0 Å². The van der Waals surface area contributed by atoms with Gasteiger partial charge in [0.1, 0.15) is 6.07 Å². The van der Waals surface area contributed by atoms with Crippen molar-refractivity contribution in [2.75, 3.05) is 31.6 Å². The van der Waals surface area contributed by atoms with Crippen LogP contribution in [-0.2, 0) is 0 Å². The lowest BCUT2D eigenvalue weighted by Crippen LogP contribution is -2.47. The number of benzene rings is 1. The van der Waals surface area contributed by atoms with E-state index in [1.165, 1.54) is 38.8 Å². The molecule has 0 bridgehead atoms. The van der Waals surface area contributed by atoms with Crippen LogP contribution in [0.4, 0.5) is 5.69 Å². The first kappa shape index (κ1) is 12.5. The predicted octanol–water partition coefficient (Wildman–Crippen LogP) is 2.62. The van der Waals surface area contributed by atoms with E-state index in [1.54, 1.807) is 0 Å². The number of likely N-dealkylation sites (N-methyl/N-ethyl adjacent to an activating group) is 1. The zero-order valence-electron chi connectivity index (χ0n) is 11.6. The molecule has 1 aromatic rings. The van der Waals surface area contributed by atoms with Crippen LogP contribution in [0.5, 0.6) is 0 Å². The van der Waals surface area contributed by atoms with Crippen molar-refractivity contribution in [3.63, 3.8) is 0 Å². The van der Waals surface area contributed by atoms with E-state index < -0.39 is 0 Å². The third kappa shape index (κ3) is 2.11. The molecule has 2 aliphatic heterocycles. The van der Waals surface area contributed by atoms with Gasteiger partial charge in [-0.1, -0.05) is 12.1 Å². The van der Waals surface area contributed by atoms with Crippen LogP contribution in [0.1, 0.15) is 31.2 Å². The summed E-state index contributed by atoms with van der Waals surface area (Å²) in [5, 5.41) is 9.23. The summed E-state index contributed by atoms with van der Waals surface area (Å²) in [4.78, 5) is 4.95. The third-order valence-corrected chi connectivity index (χ3v) is 4.78. The van der Waals surface area contributed by atoms with Crippen molar-refractivity contribution in [1.82, 2.24) is 4.90 Å². The molecule has 100 valence electrons. The van der Waals surface area contributed by atoms with Crippen molar-refractivity contribution in [2.24, 2.45) is 0 Å². The molecule has 0 aromatic heterocycles. The molecule has 2 aliphatic rings. The zero-order chi connectivity index (χ0) is 13.3. The molecule has 3 heteroatoms. The van der Waals surface area contributed by atoms with Crippen LogP contribution in [0.2, 0.25) is 0 Å². The summed E-state index contributed by atoms with van der Waals surface area (Å²) in [6, 6.07) is 10.2. The molecule has 0 saturated carbocycles. The normalized spacial score (nSPS) is 21.1. The zero-order valence-corrected chi connectivity index (χ0v) is 11.6. The lowest BCUT2D eigenvalue weighted by atomic mass is 9.93. The molecule has 0 atom stereocenters. The molecule has 3 nitrogen and oxygen atoms in total. The first-order valence-electron chi connectivity index (χ1n) is 7.20. The van der Waals surface area contributed by atoms with Crippen LogP contribution >= 0.6 is 0 Å². The van der Waals surface area contributed by atoms with E-state index in [-0.39, 0.29) is 0 Å². The van der Waals surface area contributed by atoms with Gasteiger partial charge in [-0.2, -0.15) is 5.26 Å². The number of nitrogens with zero attached hydrogens (tertiary/aromatic N) is 3. The highest BCUT2D eigenvalue weighted by Gasteiger charge is 2.44. The van der Waals surface area contributed by atoms with Gasteiger partial charge in [-0.15, -0.1) is 0 Å². The molecule has 0 amide bonds. The highest BCUT2D eigenvalue weighted by Crippen LogP contribution is 2.40. The molecular formula is C16H21N3. The van der Waals surface area contributed by atoms with E-state index in [1.807, 2.05) is 18.2 Å². The number of fused-ring (bicyclic) bond motifs is 1. The summed E-state index contributed by atoms with van der Waals surface area (Å²) in [5.41, 5.74) is 2.22. The van der Waals surface area contributed by atoms with Gasteiger partial charge in [0, 0.05) is 19.1 Å². The maximum atomic E-state index is 9.23. The Morgan fingerprint density at radius 2 is 1.95 bits per heavy atom. The summed E-state index contributed by atoms with van der Waals surface area (Å²) in [6.07, 6.45) is 5.28. The van der Waals surface area contributed by atoms with Crippen molar-refractivity contribution in [3.05, 3.63) is 29.8 Å². The average molecular weight is 255 g/mol. The minimum absolute atomic E-state index is 0.372. The van der Waals surface area contributed by atoms with Crippen LogP contribution in [0.15, 0.2) is 24.3 Å². The maximum Gasteiger partial charge on any atom is 0.101 e. The Morgan fingerprint density at radius 1 is 1.26 bits per heavy atom. The molecule has 2 fully saturated rings. The maximum absolute atomic E-state index is 9.23. The Morgan fingerprint density at radius 3 is 2.63 bits per heavy atom. The fraction of sp³-hybridized carbons (Fsp3) is 0.562. The topological polar surface area (TPSA) is 30.3 Å². The monoisotopic (exact) mass is 255 g/mol. The SMILES string of the molecule is CN(CC12CCCN1CCC2)c1ccccc1C#N. The predicted molar refractivity (Wildman–Crippen MR) is 77.2 cm³/mol. The van der Waals surface area contributed by atoms with Crippen molar-refractivity contribution in [3.8, 4) is 6.07 Å². The number of hydrogen-bond acceptors (Lipinski definition) is 3. The van der Waals surface area contributed by atoms with Crippen LogP contribution < -0.4 is 4.90 Å². The third-order valence-electron chi connectivity index (χ3n) is 4.78. The summed E-state index contributed by atoms with van der Waals surface area (Å²) in [5.74, 6) is 0. The summed E-state index contributed by atoms with van der Waals surface area (Å²) >= 11 is 0. The van der Waals surface area contributed by atoms with Crippen molar-refractivity contribution >= 4 is 5.69 Å². The van der Waals surface area contributed by atoms with Gasteiger partial charge in [0.05, 0.1) is 11.3 Å². The Bertz CT molecular complexity index is 493. The van der Waals surface area contributed by atoms with Crippen molar-refractivity contribution in [1.29, 1.82) is 5.26 Å². The number of nitriles is 1. The van der Waals surface area contributed by atoms with E-state index >= 15 is 0 Å². The molecule has 3 rings (SSSR count). The van der Waals surface area contributed by atoms with Gasteiger partial charge in [-0.3, -0.25) is 4.90 Å².